The molecule has 2 aromatic carbocycles. The Labute approximate surface area is 194 Å². The number of para-hydroxylation sites is 1. The number of carbonyl (C=O) groups is 1. The van der Waals surface area contributed by atoms with E-state index in [1.807, 2.05) is 6.07 Å². The fourth-order valence-corrected chi connectivity index (χ4v) is 3.88. The molecule has 0 aliphatic heterocycles. The van der Waals surface area contributed by atoms with E-state index in [-0.39, 0.29) is 29.0 Å². The zero-order chi connectivity index (χ0) is 24.3. The summed E-state index contributed by atoms with van der Waals surface area (Å²) in [6, 6.07) is 13.5. The summed E-state index contributed by atoms with van der Waals surface area (Å²) >= 11 is 1.27. The molecule has 0 saturated heterocycles. The number of benzene rings is 2. The van der Waals surface area contributed by atoms with Crippen molar-refractivity contribution >= 4 is 34.4 Å². The summed E-state index contributed by atoms with van der Waals surface area (Å²) in [7, 11) is 0. The van der Waals surface area contributed by atoms with Gasteiger partial charge in [0.1, 0.15) is 18.3 Å². The predicted molar refractivity (Wildman–Crippen MR) is 120 cm³/mol. The van der Waals surface area contributed by atoms with Crippen LogP contribution in [0.25, 0.3) is 16.7 Å². The Balaban J connectivity index is 1.59. The molecule has 0 aliphatic rings. The fourth-order valence-electron chi connectivity index (χ4n) is 3.21. The lowest BCUT2D eigenvalue weighted by molar-refractivity contribution is -0.137. The lowest BCUT2D eigenvalue weighted by atomic mass is 10.2. The second kappa shape index (κ2) is 9.40. The summed E-state index contributed by atoms with van der Waals surface area (Å²) in [6.45, 7) is -0.340. The minimum atomic E-state index is -4.53. The van der Waals surface area contributed by atoms with Crippen LogP contribution in [-0.4, -0.2) is 31.0 Å². The standard InChI is InChI=1S/C22H15F3N6O2S/c23-22(24,25)14-4-3-5-15(10-14)31-20-16(11-28-31)21(33)30(13-27-20)12-19(32)29-17-6-1-2-7-18(17)34-9-8-26/h1-7,10-11,13H,9,12H2,(H,29,32). The van der Waals surface area contributed by atoms with Crippen molar-refractivity contribution in [2.24, 2.45) is 0 Å². The smallest absolute Gasteiger partial charge is 0.324 e. The molecule has 1 N–H and O–H groups in total. The number of carbonyl (C=O) groups excluding carboxylic acids is 1. The zero-order valence-corrected chi connectivity index (χ0v) is 18.1. The molecule has 34 heavy (non-hydrogen) atoms. The van der Waals surface area contributed by atoms with E-state index < -0.39 is 23.2 Å². The molecule has 0 atom stereocenters. The van der Waals surface area contributed by atoms with Gasteiger partial charge in [-0.3, -0.25) is 14.2 Å². The van der Waals surface area contributed by atoms with Gasteiger partial charge >= 0.3 is 6.18 Å². The van der Waals surface area contributed by atoms with Crippen molar-refractivity contribution in [3.63, 3.8) is 0 Å². The number of alkyl halides is 3. The van der Waals surface area contributed by atoms with Crippen molar-refractivity contribution in [2.75, 3.05) is 11.1 Å². The highest BCUT2D eigenvalue weighted by molar-refractivity contribution is 7.99. The Hall–Kier alpha value is -4.11. The molecule has 2 aromatic heterocycles. The number of halogens is 3. The van der Waals surface area contributed by atoms with Crippen LogP contribution < -0.4 is 10.9 Å². The minimum Gasteiger partial charge on any atom is -0.324 e. The molecule has 4 rings (SSSR count). The summed E-state index contributed by atoms with van der Waals surface area (Å²) in [4.78, 5) is 30.3. The number of thioether (sulfide) groups is 1. The topological polar surface area (TPSA) is 106 Å². The van der Waals surface area contributed by atoms with E-state index in [1.54, 1.807) is 24.3 Å². The maximum atomic E-state index is 13.1. The molecule has 0 fully saturated rings. The molecule has 2 heterocycles. The molecule has 8 nitrogen and oxygen atoms in total. The predicted octanol–water partition coefficient (Wildman–Crippen LogP) is 3.86. The van der Waals surface area contributed by atoms with Crippen molar-refractivity contribution in [2.45, 2.75) is 17.6 Å². The van der Waals surface area contributed by atoms with E-state index in [4.69, 9.17) is 5.26 Å². The number of nitriles is 1. The van der Waals surface area contributed by atoms with Crippen molar-refractivity contribution < 1.29 is 18.0 Å². The molecule has 0 spiro atoms. The first-order valence-electron chi connectivity index (χ1n) is 9.77. The van der Waals surface area contributed by atoms with Gasteiger partial charge in [0.2, 0.25) is 5.91 Å². The Morgan fingerprint density at radius 1 is 1.18 bits per heavy atom. The van der Waals surface area contributed by atoms with E-state index in [2.05, 4.69) is 15.4 Å². The number of rotatable bonds is 6. The van der Waals surface area contributed by atoms with Crippen LogP contribution >= 0.6 is 11.8 Å². The lowest BCUT2D eigenvalue weighted by Gasteiger charge is -2.11. The molecule has 4 aromatic rings. The van der Waals surface area contributed by atoms with E-state index in [0.717, 1.165) is 27.7 Å². The first-order valence-corrected chi connectivity index (χ1v) is 10.8. The van der Waals surface area contributed by atoms with Gasteiger partial charge in [-0.15, -0.1) is 11.8 Å². The third-order valence-corrected chi connectivity index (χ3v) is 5.68. The molecule has 0 unspecified atom stereocenters. The maximum Gasteiger partial charge on any atom is 0.416 e. The molecule has 1 amide bonds. The third kappa shape index (κ3) is 4.79. The first kappa shape index (κ1) is 23.1. The van der Waals surface area contributed by atoms with Crippen molar-refractivity contribution in [1.29, 1.82) is 5.26 Å². The van der Waals surface area contributed by atoms with Crippen molar-refractivity contribution in [3.05, 3.63) is 77.0 Å². The van der Waals surface area contributed by atoms with Crippen LogP contribution in [0.4, 0.5) is 18.9 Å². The lowest BCUT2D eigenvalue weighted by Crippen LogP contribution is -2.28. The van der Waals surface area contributed by atoms with Gasteiger partial charge < -0.3 is 5.32 Å². The van der Waals surface area contributed by atoms with Crippen LogP contribution in [0.5, 0.6) is 0 Å². The van der Waals surface area contributed by atoms with Crippen LogP contribution in [0, 0.1) is 11.3 Å². The van der Waals surface area contributed by atoms with Crippen LogP contribution in [-0.2, 0) is 17.5 Å². The summed E-state index contributed by atoms with van der Waals surface area (Å²) < 4.78 is 41.4. The highest BCUT2D eigenvalue weighted by atomic mass is 32.2. The first-order chi connectivity index (χ1) is 16.3. The number of nitrogens with one attached hydrogen (secondary N) is 1. The second-order valence-electron chi connectivity index (χ2n) is 7.01. The normalized spacial score (nSPS) is 11.4. The molecular weight excluding hydrogens is 469 g/mol. The molecule has 0 aliphatic carbocycles. The zero-order valence-electron chi connectivity index (χ0n) is 17.3. The molecule has 0 radical (unpaired) electrons. The molecule has 0 saturated carbocycles. The van der Waals surface area contributed by atoms with E-state index in [1.165, 1.54) is 30.1 Å². The van der Waals surface area contributed by atoms with Gasteiger partial charge in [-0.2, -0.15) is 23.5 Å². The van der Waals surface area contributed by atoms with Crippen LogP contribution in [0.15, 0.2) is 70.7 Å². The Morgan fingerprint density at radius 3 is 2.74 bits per heavy atom. The van der Waals surface area contributed by atoms with Crippen LogP contribution in [0.1, 0.15) is 5.56 Å². The Bertz CT molecular complexity index is 1470. The monoisotopic (exact) mass is 484 g/mol. The number of hydrogen-bond acceptors (Lipinski definition) is 6. The van der Waals surface area contributed by atoms with Gasteiger partial charge in [-0.1, -0.05) is 18.2 Å². The highest BCUT2D eigenvalue weighted by Crippen LogP contribution is 2.30. The molecule has 172 valence electrons. The molecule has 12 heteroatoms. The second-order valence-corrected chi connectivity index (χ2v) is 8.03. The summed E-state index contributed by atoms with van der Waals surface area (Å²) in [5.74, 6) is -0.276. The number of aromatic nitrogens is 4. The van der Waals surface area contributed by atoms with Crippen LogP contribution in [0.3, 0.4) is 0 Å². The average molecular weight is 484 g/mol. The third-order valence-electron chi connectivity index (χ3n) is 4.74. The van der Waals surface area contributed by atoms with Gasteiger partial charge in [0.05, 0.1) is 35.0 Å². The summed E-state index contributed by atoms with van der Waals surface area (Å²) in [5, 5.41) is 15.6. The van der Waals surface area contributed by atoms with Gasteiger partial charge in [0.25, 0.3) is 5.56 Å². The molecular formula is C22H15F3N6O2S. The van der Waals surface area contributed by atoms with Crippen molar-refractivity contribution in [1.82, 2.24) is 19.3 Å². The highest BCUT2D eigenvalue weighted by Gasteiger charge is 2.30. The van der Waals surface area contributed by atoms with Gasteiger partial charge in [-0.05, 0) is 30.3 Å². The number of amides is 1. The van der Waals surface area contributed by atoms with Gasteiger partial charge in [-0.25, -0.2) is 9.67 Å². The Morgan fingerprint density at radius 2 is 1.97 bits per heavy atom. The van der Waals surface area contributed by atoms with Gasteiger partial charge in [0.15, 0.2) is 5.65 Å². The Kier molecular flexibility index (Phi) is 6.38. The number of hydrogen-bond donors (Lipinski definition) is 1. The van der Waals surface area contributed by atoms with E-state index in [0.29, 0.717) is 10.6 Å². The van der Waals surface area contributed by atoms with Crippen molar-refractivity contribution in [3.8, 4) is 11.8 Å². The number of anilines is 1. The largest absolute Gasteiger partial charge is 0.416 e. The van der Waals surface area contributed by atoms with Crippen LogP contribution in [0.2, 0.25) is 0 Å². The SMILES string of the molecule is N#CCSc1ccccc1NC(=O)Cn1cnc2c(cnn2-c2cccc(C(F)(F)F)c2)c1=O. The van der Waals surface area contributed by atoms with E-state index in [9.17, 15) is 22.8 Å². The number of fused-ring (bicyclic) bond motifs is 1. The summed E-state index contributed by atoms with van der Waals surface area (Å²) in [6.07, 6.45) is -2.18. The maximum absolute atomic E-state index is 13.1. The van der Waals surface area contributed by atoms with E-state index >= 15 is 0 Å². The fraction of sp³-hybridized carbons (Fsp3) is 0.136. The summed E-state index contributed by atoms with van der Waals surface area (Å²) in [5.41, 5.74) is -0.748. The quantitative estimate of drug-likeness (QED) is 0.417. The molecule has 0 bridgehead atoms. The average Bonchev–Trinajstić information content (AvgIpc) is 3.25. The minimum absolute atomic E-state index is 0.0534. The van der Waals surface area contributed by atoms with Gasteiger partial charge in [0, 0.05) is 4.90 Å². The number of nitrogens with zero attached hydrogens (tertiary/aromatic N) is 5.